The quantitative estimate of drug-likeness (QED) is 0.786. The maximum Gasteiger partial charge on any atom is 0.306 e. The Balaban J connectivity index is 2.66. The van der Waals surface area contributed by atoms with Gasteiger partial charge >= 0.3 is 10.1 Å². The minimum absolute atomic E-state index is 0.309. The van der Waals surface area contributed by atoms with Crippen molar-refractivity contribution in [3.63, 3.8) is 0 Å². The summed E-state index contributed by atoms with van der Waals surface area (Å²) >= 11 is 0. The summed E-state index contributed by atoms with van der Waals surface area (Å²) < 4.78 is 32.4. The summed E-state index contributed by atoms with van der Waals surface area (Å²) in [5.41, 5.74) is 0. The van der Waals surface area contributed by atoms with Gasteiger partial charge in [-0.05, 0) is 12.1 Å². The lowest BCUT2D eigenvalue weighted by molar-refractivity contribution is 0.419. The number of hydrogen-bond acceptors (Lipinski definition) is 4. The van der Waals surface area contributed by atoms with Gasteiger partial charge in [0.15, 0.2) is 5.75 Å². The van der Waals surface area contributed by atoms with Gasteiger partial charge in [-0.2, -0.15) is 8.42 Å². The second-order valence-electron chi connectivity index (χ2n) is 3.60. The predicted molar refractivity (Wildman–Crippen MR) is 66.0 cm³/mol. The maximum atomic E-state index is 11.1. The van der Waals surface area contributed by atoms with Crippen LogP contribution in [0.5, 0.6) is 11.5 Å². The van der Waals surface area contributed by atoms with E-state index in [1.807, 2.05) is 12.1 Å². The Bertz CT molecular complexity index is 647. The summed E-state index contributed by atoms with van der Waals surface area (Å²) in [6, 6.07) is 10.6. The fourth-order valence-electron chi connectivity index (χ4n) is 1.67. The molecule has 0 aliphatic carbocycles. The number of methoxy groups -OCH3 is 1. The fourth-order valence-corrected chi connectivity index (χ4v) is 2.14. The molecule has 2 rings (SSSR count). The molecule has 90 valence electrons. The minimum Gasteiger partial charge on any atom is -0.496 e. The Morgan fingerprint density at radius 1 is 0.941 bits per heavy atom. The van der Waals surface area contributed by atoms with E-state index in [0.29, 0.717) is 16.9 Å². The van der Waals surface area contributed by atoms with Crippen LogP contribution >= 0.6 is 0 Å². The predicted octanol–water partition coefficient (Wildman–Crippen LogP) is 2.19. The van der Waals surface area contributed by atoms with Crippen molar-refractivity contribution in [2.75, 3.05) is 13.4 Å². The first-order valence-corrected chi connectivity index (χ1v) is 6.78. The summed E-state index contributed by atoms with van der Waals surface area (Å²) in [5.74, 6) is 0.991. The van der Waals surface area contributed by atoms with E-state index in [9.17, 15) is 8.42 Å². The van der Waals surface area contributed by atoms with Gasteiger partial charge in [-0.15, -0.1) is 0 Å². The monoisotopic (exact) mass is 252 g/mol. The Morgan fingerprint density at radius 3 is 2.00 bits per heavy atom. The average molecular weight is 252 g/mol. The molecule has 0 heterocycles. The normalized spacial score (nSPS) is 11.4. The van der Waals surface area contributed by atoms with Gasteiger partial charge in [-0.3, -0.25) is 0 Å². The van der Waals surface area contributed by atoms with Crippen LogP contribution in [0, 0.1) is 0 Å². The summed E-state index contributed by atoms with van der Waals surface area (Å²) in [7, 11) is -1.96. The van der Waals surface area contributed by atoms with Gasteiger partial charge in [-0.25, -0.2) is 0 Å². The van der Waals surface area contributed by atoms with Crippen molar-refractivity contribution in [2.24, 2.45) is 0 Å². The zero-order valence-electron chi connectivity index (χ0n) is 9.51. The number of fused-ring (bicyclic) bond motifs is 1. The zero-order valence-corrected chi connectivity index (χ0v) is 10.3. The fraction of sp³-hybridized carbons (Fsp3) is 0.167. The standard InChI is InChI=1S/C12H12O4S/c1-15-11-7-3-6-10-9(11)5-4-8-12(10)16-17(2,13)14/h3-8H,1-2H3. The molecule has 4 nitrogen and oxygen atoms in total. The SMILES string of the molecule is COc1cccc2c(OS(C)(=O)=O)cccc12. The van der Waals surface area contributed by atoms with Crippen LogP contribution in [0.4, 0.5) is 0 Å². The third-order valence-corrected chi connectivity index (χ3v) is 2.79. The summed E-state index contributed by atoms with van der Waals surface area (Å²) in [4.78, 5) is 0. The van der Waals surface area contributed by atoms with E-state index in [2.05, 4.69) is 0 Å². The highest BCUT2D eigenvalue weighted by Crippen LogP contribution is 2.32. The molecular formula is C12H12O4S. The molecule has 5 heteroatoms. The third-order valence-electron chi connectivity index (χ3n) is 2.30. The number of rotatable bonds is 3. The molecule has 0 N–H and O–H groups in total. The lowest BCUT2D eigenvalue weighted by atomic mass is 10.1. The van der Waals surface area contributed by atoms with Crippen LogP contribution in [-0.2, 0) is 10.1 Å². The Hall–Kier alpha value is -1.75. The van der Waals surface area contributed by atoms with Crippen LogP contribution in [0.2, 0.25) is 0 Å². The summed E-state index contributed by atoms with van der Waals surface area (Å²) in [6.07, 6.45) is 1.02. The number of ether oxygens (including phenoxy) is 1. The van der Waals surface area contributed by atoms with Crippen molar-refractivity contribution in [1.29, 1.82) is 0 Å². The molecule has 2 aromatic carbocycles. The van der Waals surface area contributed by atoms with Crippen molar-refractivity contribution in [3.8, 4) is 11.5 Å². The van der Waals surface area contributed by atoms with Crippen molar-refractivity contribution in [1.82, 2.24) is 0 Å². The van der Waals surface area contributed by atoms with Gasteiger partial charge in [0.1, 0.15) is 5.75 Å². The molecule has 0 spiro atoms. The molecule has 17 heavy (non-hydrogen) atoms. The van der Waals surface area contributed by atoms with Gasteiger partial charge < -0.3 is 8.92 Å². The third kappa shape index (κ3) is 2.50. The Kier molecular flexibility index (Phi) is 2.93. The smallest absolute Gasteiger partial charge is 0.306 e. The summed E-state index contributed by atoms with van der Waals surface area (Å²) in [5, 5.41) is 1.52. The Labute approximate surface area is 99.9 Å². The number of benzene rings is 2. The molecule has 0 aliphatic rings. The van der Waals surface area contributed by atoms with Gasteiger partial charge in [0.05, 0.1) is 13.4 Å². The van der Waals surface area contributed by atoms with E-state index in [1.54, 1.807) is 31.4 Å². The first kappa shape index (κ1) is 11.7. The van der Waals surface area contributed by atoms with Crippen molar-refractivity contribution in [3.05, 3.63) is 36.4 Å². The first-order chi connectivity index (χ1) is 8.01. The highest BCUT2D eigenvalue weighted by molar-refractivity contribution is 7.86. The molecule has 0 atom stereocenters. The second kappa shape index (κ2) is 4.25. The van der Waals surface area contributed by atoms with E-state index < -0.39 is 10.1 Å². The van der Waals surface area contributed by atoms with E-state index in [1.165, 1.54) is 0 Å². The lowest BCUT2D eigenvalue weighted by Crippen LogP contribution is -2.06. The van der Waals surface area contributed by atoms with Crippen LogP contribution in [-0.4, -0.2) is 21.8 Å². The average Bonchev–Trinajstić information content (AvgIpc) is 2.27. The maximum absolute atomic E-state index is 11.1. The van der Waals surface area contributed by atoms with E-state index >= 15 is 0 Å². The molecule has 0 aliphatic heterocycles. The highest BCUT2D eigenvalue weighted by Gasteiger charge is 2.10. The van der Waals surface area contributed by atoms with Crippen LogP contribution in [0.3, 0.4) is 0 Å². The molecule has 0 bridgehead atoms. The molecule has 0 unspecified atom stereocenters. The molecular weight excluding hydrogens is 240 g/mol. The summed E-state index contributed by atoms with van der Waals surface area (Å²) in [6.45, 7) is 0. The second-order valence-corrected chi connectivity index (χ2v) is 5.17. The zero-order chi connectivity index (χ0) is 12.5. The Morgan fingerprint density at radius 2 is 1.47 bits per heavy atom. The molecule has 2 aromatic rings. The lowest BCUT2D eigenvalue weighted by Gasteiger charge is -2.09. The first-order valence-electron chi connectivity index (χ1n) is 4.96. The van der Waals surface area contributed by atoms with Gasteiger partial charge in [0.2, 0.25) is 0 Å². The molecule has 0 radical (unpaired) electrons. The minimum atomic E-state index is -3.53. The van der Waals surface area contributed by atoms with Crippen LogP contribution in [0.25, 0.3) is 10.8 Å². The largest absolute Gasteiger partial charge is 0.496 e. The van der Waals surface area contributed by atoms with E-state index in [-0.39, 0.29) is 0 Å². The van der Waals surface area contributed by atoms with Crippen LogP contribution < -0.4 is 8.92 Å². The van der Waals surface area contributed by atoms with Gasteiger partial charge in [-0.1, -0.05) is 24.3 Å². The molecule has 0 saturated heterocycles. The van der Waals surface area contributed by atoms with Crippen LogP contribution in [0.15, 0.2) is 36.4 Å². The van der Waals surface area contributed by atoms with E-state index in [0.717, 1.165) is 11.6 Å². The highest BCUT2D eigenvalue weighted by atomic mass is 32.2. The molecule has 0 saturated carbocycles. The number of hydrogen-bond donors (Lipinski definition) is 0. The van der Waals surface area contributed by atoms with Gasteiger partial charge in [0, 0.05) is 10.8 Å². The van der Waals surface area contributed by atoms with Crippen LogP contribution in [0.1, 0.15) is 0 Å². The van der Waals surface area contributed by atoms with Gasteiger partial charge in [0.25, 0.3) is 0 Å². The molecule has 0 fully saturated rings. The van der Waals surface area contributed by atoms with Crippen molar-refractivity contribution < 1.29 is 17.3 Å². The van der Waals surface area contributed by atoms with Crippen molar-refractivity contribution in [2.45, 2.75) is 0 Å². The van der Waals surface area contributed by atoms with Crippen molar-refractivity contribution >= 4 is 20.9 Å². The topological polar surface area (TPSA) is 52.6 Å². The van der Waals surface area contributed by atoms with E-state index in [4.69, 9.17) is 8.92 Å². The molecule has 0 amide bonds. The molecule has 0 aromatic heterocycles.